The maximum absolute atomic E-state index is 10.0. The number of hydrogen-bond acceptors (Lipinski definition) is 4. The summed E-state index contributed by atoms with van der Waals surface area (Å²) in [6, 6.07) is 5.53. The smallest absolute Gasteiger partial charge is 0.293 e. The Hall–Kier alpha value is -0.940. The number of hydrogen-bond donors (Lipinski definition) is 1. The zero-order chi connectivity index (χ0) is 10.4. The lowest BCUT2D eigenvalue weighted by atomic mass is 10.2. The number of likely N-dealkylation sites (N-methyl/N-ethyl adjacent to an activating group) is 1. The summed E-state index contributed by atoms with van der Waals surface area (Å²) in [4.78, 5) is 14.3. The molecule has 0 spiro atoms. The summed E-state index contributed by atoms with van der Waals surface area (Å²) in [5.41, 5.74) is 0.837. The molecule has 1 atom stereocenters. The number of pyridine rings is 1. The topological polar surface area (TPSA) is 51.2 Å². The summed E-state index contributed by atoms with van der Waals surface area (Å²) in [5, 5.41) is 3.01. The molecule has 1 rings (SSSR count). The number of nitrogens with one attached hydrogen (secondary N) is 1. The lowest BCUT2D eigenvalue weighted by molar-refractivity contribution is -0.129. The van der Waals surface area contributed by atoms with E-state index in [1.165, 1.54) is 0 Å². The van der Waals surface area contributed by atoms with E-state index in [2.05, 4.69) is 31.0 Å². The van der Waals surface area contributed by atoms with Crippen molar-refractivity contribution in [3.63, 3.8) is 0 Å². The highest BCUT2D eigenvalue weighted by Crippen LogP contribution is 2.13. The molecule has 1 aromatic rings. The predicted molar refractivity (Wildman–Crippen MR) is 55.8 cm³/mol. The monoisotopic (exact) mass is 258 g/mol. The summed E-state index contributed by atoms with van der Waals surface area (Å²) < 4.78 is 5.45. The molecule has 14 heavy (non-hydrogen) atoms. The molecule has 0 saturated carbocycles. The zero-order valence-electron chi connectivity index (χ0n) is 7.74. The molecule has 0 aromatic carbocycles. The van der Waals surface area contributed by atoms with Gasteiger partial charge in [-0.15, -0.1) is 0 Å². The molecule has 5 heteroatoms. The first kappa shape index (κ1) is 11.1. The molecule has 0 aliphatic rings. The molecule has 0 aliphatic heterocycles. The molecular weight excluding hydrogens is 248 g/mol. The van der Waals surface area contributed by atoms with Crippen molar-refractivity contribution in [3.05, 3.63) is 28.5 Å². The summed E-state index contributed by atoms with van der Waals surface area (Å²) in [6.07, 6.45) is 0. The van der Waals surface area contributed by atoms with Crippen molar-refractivity contribution in [1.82, 2.24) is 10.3 Å². The van der Waals surface area contributed by atoms with Gasteiger partial charge >= 0.3 is 0 Å². The highest BCUT2D eigenvalue weighted by molar-refractivity contribution is 9.10. The summed E-state index contributed by atoms with van der Waals surface area (Å²) >= 11 is 3.28. The molecule has 1 N–H and O–H groups in total. The van der Waals surface area contributed by atoms with Gasteiger partial charge in [0.25, 0.3) is 6.47 Å². The van der Waals surface area contributed by atoms with Gasteiger partial charge in [0, 0.05) is 0 Å². The molecule has 0 amide bonds. The van der Waals surface area contributed by atoms with Crippen LogP contribution in [0.1, 0.15) is 11.7 Å². The molecule has 0 fully saturated rings. The van der Waals surface area contributed by atoms with E-state index < -0.39 is 0 Å². The number of halogens is 1. The second-order valence-corrected chi connectivity index (χ2v) is 3.47. The van der Waals surface area contributed by atoms with E-state index in [1.807, 2.05) is 18.2 Å². The van der Waals surface area contributed by atoms with Crippen molar-refractivity contribution in [2.45, 2.75) is 6.04 Å². The van der Waals surface area contributed by atoms with E-state index in [4.69, 9.17) is 0 Å². The fourth-order valence-electron chi connectivity index (χ4n) is 1.07. The van der Waals surface area contributed by atoms with Crippen LogP contribution in [0.25, 0.3) is 0 Å². The quantitative estimate of drug-likeness (QED) is 0.639. The van der Waals surface area contributed by atoms with E-state index in [0.717, 1.165) is 10.3 Å². The number of rotatable bonds is 5. The van der Waals surface area contributed by atoms with Gasteiger partial charge in [0.1, 0.15) is 11.2 Å². The van der Waals surface area contributed by atoms with Gasteiger partial charge in [-0.25, -0.2) is 4.98 Å². The van der Waals surface area contributed by atoms with Gasteiger partial charge in [0.05, 0.1) is 11.7 Å². The largest absolute Gasteiger partial charge is 0.466 e. The Morgan fingerprint density at radius 3 is 3.07 bits per heavy atom. The minimum Gasteiger partial charge on any atom is -0.466 e. The van der Waals surface area contributed by atoms with Crippen molar-refractivity contribution in [2.24, 2.45) is 0 Å². The Balaban J connectivity index is 2.72. The lowest BCUT2D eigenvalue weighted by Crippen LogP contribution is -2.22. The van der Waals surface area contributed by atoms with Crippen molar-refractivity contribution in [3.8, 4) is 0 Å². The molecular formula is C9H11BrN2O2. The summed E-state index contributed by atoms with van der Waals surface area (Å²) in [7, 11) is 1.79. The fraction of sp³-hybridized carbons (Fsp3) is 0.333. The number of aromatic nitrogens is 1. The maximum Gasteiger partial charge on any atom is 0.293 e. The molecule has 0 radical (unpaired) electrons. The van der Waals surface area contributed by atoms with E-state index in [-0.39, 0.29) is 12.6 Å². The predicted octanol–water partition coefficient (Wildman–Crippen LogP) is 1.28. The van der Waals surface area contributed by atoms with Gasteiger partial charge in [-0.1, -0.05) is 6.07 Å². The van der Waals surface area contributed by atoms with Crippen molar-refractivity contribution < 1.29 is 9.53 Å². The minimum absolute atomic E-state index is 0.0716. The first-order valence-electron chi connectivity index (χ1n) is 4.13. The number of carbonyl (C=O) groups is 1. The third-order valence-electron chi connectivity index (χ3n) is 1.77. The Labute approximate surface area is 90.8 Å². The standard InChI is InChI=1S/C9H11BrN2O2/c1-11-8(5-14-6-13)7-3-2-4-9(10)12-7/h2-4,6,8,11H,5H2,1H3/t8-/m0/s1. The van der Waals surface area contributed by atoms with E-state index in [1.54, 1.807) is 7.05 Å². The number of carbonyl (C=O) groups excluding carboxylic acids is 1. The van der Waals surface area contributed by atoms with Crippen molar-refractivity contribution in [1.29, 1.82) is 0 Å². The third-order valence-corrected chi connectivity index (χ3v) is 2.21. The molecule has 0 unspecified atom stereocenters. The lowest BCUT2D eigenvalue weighted by Gasteiger charge is -2.13. The Bertz CT molecular complexity index is 307. The second-order valence-electron chi connectivity index (χ2n) is 2.66. The van der Waals surface area contributed by atoms with Crippen LogP contribution in [0.15, 0.2) is 22.8 Å². The van der Waals surface area contributed by atoms with E-state index in [9.17, 15) is 4.79 Å². The molecule has 0 bridgehead atoms. The van der Waals surface area contributed by atoms with Crippen LogP contribution in [0.5, 0.6) is 0 Å². The van der Waals surface area contributed by atoms with Crippen LogP contribution >= 0.6 is 15.9 Å². The molecule has 1 heterocycles. The average molecular weight is 259 g/mol. The maximum atomic E-state index is 10.0. The van der Waals surface area contributed by atoms with E-state index in [0.29, 0.717) is 6.47 Å². The first-order chi connectivity index (χ1) is 6.77. The van der Waals surface area contributed by atoms with Crippen LogP contribution in [0.2, 0.25) is 0 Å². The number of ether oxygens (including phenoxy) is 1. The van der Waals surface area contributed by atoms with Gasteiger partial charge in [0.2, 0.25) is 0 Å². The van der Waals surface area contributed by atoms with Gasteiger partial charge in [-0.2, -0.15) is 0 Å². The Morgan fingerprint density at radius 1 is 1.71 bits per heavy atom. The zero-order valence-corrected chi connectivity index (χ0v) is 9.32. The van der Waals surface area contributed by atoms with Gasteiger partial charge in [-0.3, -0.25) is 4.79 Å². The fourth-order valence-corrected chi connectivity index (χ4v) is 1.43. The minimum atomic E-state index is -0.0716. The van der Waals surface area contributed by atoms with Gasteiger partial charge in [-0.05, 0) is 35.1 Å². The second kappa shape index (κ2) is 5.72. The highest BCUT2D eigenvalue weighted by atomic mass is 79.9. The molecule has 4 nitrogen and oxygen atoms in total. The number of nitrogens with zero attached hydrogens (tertiary/aromatic N) is 1. The van der Waals surface area contributed by atoms with E-state index >= 15 is 0 Å². The van der Waals surface area contributed by atoms with Gasteiger partial charge in [0.15, 0.2) is 0 Å². The first-order valence-corrected chi connectivity index (χ1v) is 4.92. The molecule has 0 saturated heterocycles. The van der Waals surface area contributed by atoms with Crippen LogP contribution in [0, 0.1) is 0 Å². The van der Waals surface area contributed by atoms with Crippen LogP contribution in [-0.2, 0) is 9.53 Å². The normalized spacial score (nSPS) is 12.1. The SMILES string of the molecule is CN[C@@H](COC=O)c1cccc(Br)n1. The summed E-state index contributed by atoms with van der Waals surface area (Å²) in [5.74, 6) is 0. The molecule has 76 valence electrons. The Morgan fingerprint density at radius 2 is 2.50 bits per heavy atom. The molecule has 1 aromatic heterocycles. The third kappa shape index (κ3) is 3.08. The van der Waals surface area contributed by atoms with Crippen LogP contribution < -0.4 is 5.32 Å². The van der Waals surface area contributed by atoms with Crippen molar-refractivity contribution in [2.75, 3.05) is 13.7 Å². The van der Waals surface area contributed by atoms with Crippen LogP contribution in [-0.4, -0.2) is 25.1 Å². The van der Waals surface area contributed by atoms with Crippen LogP contribution in [0.3, 0.4) is 0 Å². The van der Waals surface area contributed by atoms with Gasteiger partial charge < -0.3 is 10.1 Å². The highest BCUT2D eigenvalue weighted by Gasteiger charge is 2.10. The molecule has 0 aliphatic carbocycles. The Kier molecular flexibility index (Phi) is 4.55. The van der Waals surface area contributed by atoms with Crippen LogP contribution in [0.4, 0.5) is 0 Å². The van der Waals surface area contributed by atoms with Crippen molar-refractivity contribution >= 4 is 22.4 Å². The summed E-state index contributed by atoms with van der Waals surface area (Å²) in [6.45, 7) is 0.714. The average Bonchev–Trinajstić information content (AvgIpc) is 2.19.